The zero-order valence-electron chi connectivity index (χ0n) is 15.3. The quantitative estimate of drug-likeness (QED) is 0.496. The molecule has 0 aromatic heterocycles. The zero-order chi connectivity index (χ0) is 17.7. The van der Waals surface area contributed by atoms with Gasteiger partial charge in [-0.05, 0) is 57.3 Å². The van der Waals surface area contributed by atoms with Crippen LogP contribution in [0.2, 0.25) is 0 Å². The maximum absolute atomic E-state index is 13.6. The van der Waals surface area contributed by atoms with Crippen LogP contribution in [0.1, 0.15) is 52.4 Å². The monoisotopic (exact) mass is 352 g/mol. The van der Waals surface area contributed by atoms with Crippen molar-refractivity contribution in [3.63, 3.8) is 0 Å². The summed E-state index contributed by atoms with van der Waals surface area (Å²) in [6.45, 7) is 4.40. The van der Waals surface area contributed by atoms with Crippen molar-refractivity contribution in [3.05, 3.63) is 23.3 Å². The molecule has 0 radical (unpaired) electrons. The number of carbonyl (C=O) groups is 2. The predicted molar refractivity (Wildman–Crippen MR) is 91.7 cm³/mol. The van der Waals surface area contributed by atoms with Crippen LogP contribution >= 0.6 is 0 Å². The van der Waals surface area contributed by atoms with Gasteiger partial charge >= 0.3 is 11.9 Å². The van der Waals surface area contributed by atoms with E-state index < -0.39 is 5.41 Å². The van der Waals surface area contributed by atoms with E-state index in [1.165, 1.54) is 5.57 Å². The summed E-state index contributed by atoms with van der Waals surface area (Å²) in [4.78, 5) is 26.5. The largest absolute Gasteiger partial charge is 0.461 e. The summed E-state index contributed by atoms with van der Waals surface area (Å²) in [5, 5.41) is 0. The zero-order valence-corrected chi connectivity index (χ0v) is 15.3. The molecule has 3 saturated carbocycles. The molecule has 2 spiro atoms. The summed E-state index contributed by atoms with van der Waals surface area (Å²) >= 11 is 0. The van der Waals surface area contributed by atoms with Crippen LogP contribution in [0.25, 0.3) is 0 Å². The van der Waals surface area contributed by atoms with E-state index in [1.807, 2.05) is 0 Å². The third kappa shape index (κ3) is 0.981. The molecule has 2 bridgehead atoms. The SMILES string of the molecule is CC1=C[C@@]23C(=O)O[C@@H]4CC[C@H](C1)[C@]42[C@@]12C4=C[C@@]3(C)C[C@H]1CC[C@H]2OC4=O. The lowest BCUT2D eigenvalue weighted by atomic mass is 9.28. The second-order valence-electron chi connectivity index (χ2n) is 10.3. The Bertz CT molecular complexity index is 885. The number of allylic oxidation sites excluding steroid dienone is 2. The maximum Gasteiger partial charge on any atom is 0.334 e. The van der Waals surface area contributed by atoms with Crippen LogP contribution in [0, 0.1) is 33.5 Å². The average Bonchev–Trinajstić information content (AvgIpc) is 3.27. The van der Waals surface area contributed by atoms with E-state index in [4.69, 9.17) is 9.47 Å². The van der Waals surface area contributed by atoms with E-state index in [9.17, 15) is 9.59 Å². The summed E-state index contributed by atoms with van der Waals surface area (Å²) in [6.07, 6.45) is 10.4. The van der Waals surface area contributed by atoms with Gasteiger partial charge in [0.2, 0.25) is 0 Å². The molecule has 6 aliphatic carbocycles. The van der Waals surface area contributed by atoms with Crippen molar-refractivity contribution in [1.82, 2.24) is 0 Å². The highest BCUT2D eigenvalue weighted by Gasteiger charge is 2.92. The fourth-order valence-corrected chi connectivity index (χ4v) is 9.66. The van der Waals surface area contributed by atoms with E-state index in [0.717, 1.165) is 44.1 Å². The highest BCUT2D eigenvalue weighted by Crippen LogP contribution is 2.88. The van der Waals surface area contributed by atoms with Crippen molar-refractivity contribution >= 4 is 11.9 Å². The van der Waals surface area contributed by atoms with Gasteiger partial charge in [-0.2, -0.15) is 0 Å². The van der Waals surface area contributed by atoms with Crippen LogP contribution in [0.4, 0.5) is 0 Å². The minimum absolute atomic E-state index is 0.0260. The highest BCUT2D eigenvalue weighted by atomic mass is 16.6. The molecule has 0 aromatic carbocycles. The van der Waals surface area contributed by atoms with Gasteiger partial charge in [-0.15, -0.1) is 0 Å². The first-order valence-corrected chi connectivity index (χ1v) is 10.3. The van der Waals surface area contributed by atoms with E-state index in [1.54, 1.807) is 0 Å². The Morgan fingerprint density at radius 2 is 1.77 bits per heavy atom. The molecular weight excluding hydrogens is 328 g/mol. The van der Waals surface area contributed by atoms with Gasteiger partial charge in [-0.25, -0.2) is 4.79 Å². The number of esters is 2. The molecule has 2 heterocycles. The molecule has 4 heteroatoms. The maximum atomic E-state index is 13.6. The Kier molecular flexibility index (Phi) is 2.06. The normalized spacial score (nSPS) is 60.1. The second kappa shape index (κ2) is 3.70. The van der Waals surface area contributed by atoms with Crippen molar-refractivity contribution in [1.29, 1.82) is 0 Å². The lowest BCUT2D eigenvalue weighted by molar-refractivity contribution is -0.203. The predicted octanol–water partition coefficient (Wildman–Crippen LogP) is 3.32. The number of hydrogen-bond acceptors (Lipinski definition) is 4. The summed E-state index contributed by atoms with van der Waals surface area (Å²) in [6, 6.07) is 0. The summed E-state index contributed by atoms with van der Waals surface area (Å²) in [7, 11) is 0. The van der Waals surface area contributed by atoms with Gasteiger partial charge in [0.25, 0.3) is 0 Å². The Labute approximate surface area is 153 Å². The topological polar surface area (TPSA) is 52.6 Å². The van der Waals surface area contributed by atoms with E-state index >= 15 is 0 Å². The lowest BCUT2D eigenvalue weighted by Gasteiger charge is -2.70. The standard InChI is InChI=1S/C22H24O4/c1-11-7-12-3-6-16-22(12)20(8-11,18(24)26-16)19(2)9-13-4-5-15-21(13,22)14(10-19)17(23)25-15/h8,10,12-13,15-16H,3-7,9H2,1-2H3/t12-,13-,15-,16-,19-,20+,21-,22+/m1/s1. The summed E-state index contributed by atoms with van der Waals surface area (Å²) in [5.41, 5.74) is 0.719. The molecule has 4 nitrogen and oxygen atoms in total. The van der Waals surface area contributed by atoms with Gasteiger partial charge in [0.1, 0.15) is 17.6 Å². The lowest BCUT2D eigenvalue weighted by Crippen LogP contribution is -2.73. The van der Waals surface area contributed by atoms with Crippen LogP contribution in [0.3, 0.4) is 0 Å². The van der Waals surface area contributed by atoms with E-state index in [-0.39, 0.29) is 40.4 Å². The Morgan fingerprint density at radius 1 is 1.00 bits per heavy atom. The fourth-order valence-electron chi connectivity index (χ4n) is 9.66. The Balaban J connectivity index is 1.70. The third-order valence-electron chi connectivity index (χ3n) is 9.75. The molecule has 2 aliphatic heterocycles. The Hall–Kier alpha value is -1.58. The Morgan fingerprint density at radius 3 is 2.62 bits per heavy atom. The number of rotatable bonds is 0. The van der Waals surface area contributed by atoms with Crippen LogP contribution in [-0.2, 0) is 19.1 Å². The van der Waals surface area contributed by atoms with Crippen molar-refractivity contribution in [3.8, 4) is 0 Å². The molecule has 0 aromatic rings. The number of carbonyl (C=O) groups excluding carboxylic acids is 2. The van der Waals surface area contributed by atoms with Gasteiger partial charge in [0, 0.05) is 16.4 Å². The van der Waals surface area contributed by atoms with Crippen molar-refractivity contribution < 1.29 is 19.1 Å². The highest BCUT2D eigenvalue weighted by molar-refractivity contribution is 5.98. The van der Waals surface area contributed by atoms with Crippen molar-refractivity contribution in [2.24, 2.45) is 33.5 Å². The van der Waals surface area contributed by atoms with Crippen LogP contribution < -0.4 is 0 Å². The van der Waals surface area contributed by atoms with Gasteiger partial charge in [-0.3, -0.25) is 4.79 Å². The number of ether oxygens (including phenoxy) is 2. The van der Waals surface area contributed by atoms with Gasteiger partial charge in [0.15, 0.2) is 0 Å². The average molecular weight is 352 g/mol. The first-order chi connectivity index (χ1) is 12.4. The molecule has 26 heavy (non-hydrogen) atoms. The van der Waals surface area contributed by atoms with Crippen molar-refractivity contribution in [2.45, 2.75) is 64.6 Å². The van der Waals surface area contributed by atoms with Crippen LogP contribution in [0.5, 0.6) is 0 Å². The summed E-state index contributed by atoms with van der Waals surface area (Å²) in [5.74, 6) is 0.729. The van der Waals surface area contributed by atoms with Crippen molar-refractivity contribution in [2.75, 3.05) is 0 Å². The van der Waals surface area contributed by atoms with E-state index in [0.29, 0.717) is 11.8 Å². The smallest absolute Gasteiger partial charge is 0.334 e. The minimum atomic E-state index is -0.606. The van der Waals surface area contributed by atoms with Gasteiger partial charge < -0.3 is 9.47 Å². The third-order valence-corrected chi connectivity index (χ3v) is 9.75. The fraction of sp³-hybridized carbons (Fsp3) is 0.727. The summed E-state index contributed by atoms with van der Waals surface area (Å²) < 4.78 is 12.2. The molecule has 0 amide bonds. The molecule has 0 unspecified atom stereocenters. The molecule has 5 fully saturated rings. The molecule has 2 saturated heterocycles. The molecule has 8 aliphatic rings. The minimum Gasteiger partial charge on any atom is -0.461 e. The first-order valence-electron chi connectivity index (χ1n) is 10.3. The molecular formula is C22H24O4. The van der Waals surface area contributed by atoms with Crippen LogP contribution in [-0.4, -0.2) is 24.1 Å². The van der Waals surface area contributed by atoms with E-state index in [2.05, 4.69) is 26.0 Å². The van der Waals surface area contributed by atoms with Crippen LogP contribution in [0.15, 0.2) is 23.3 Å². The number of hydrogen-bond donors (Lipinski definition) is 0. The molecule has 136 valence electrons. The molecule has 8 atom stereocenters. The van der Waals surface area contributed by atoms with Gasteiger partial charge in [-0.1, -0.05) is 24.6 Å². The second-order valence-corrected chi connectivity index (χ2v) is 10.3. The van der Waals surface area contributed by atoms with Gasteiger partial charge in [0.05, 0.1) is 5.41 Å². The molecule has 0 N–H and O–H groups in total. The first kappa shape index (κ1) is 14.5. The molecule has 8 rings (SSSR count).